The molecule has 8 aromatic carbocycles. The predicted octanol–water partition coefficient (Wildman–Crippen LogP) is 12.3. The van der Waals surface area contributed by atoms with Crippen LogP contribution in [-0.4, -0.2) is 36.3 Å². The van der Waals surface area contributed by atoms with E-state index >= 15 is 4.79 Å². The highest BCUT2D eigenvalue weighted by atomic mass is 16.5. The second kappa shape index (κ2) is 24.9. The van der Waals surface area contributed by atoms with E-state index in [1.54, 1.807) is 36.4 Å². The van der Waals surface area contributed by atoms with E-state index in [0.29, 0.717) is 17.9 Å². The largest absolute Gasteiger partial charge is 0.489 e. The Morgan fingerprint density at radius 3 is 1.41 bits per heavy atom. The van der Waals surface area contributed by atoms with Crippen molar-refractivity contribution < 1.29 is 47.6 Å². The van der Waals surface area contributed by atoms with E-state index in [2.05, 4.69) is 5.32 Å². The molecule has 2 atom stereocenters. The highest BCUT2D eigenvalue weighted by molar-refractivity contribution is 6.19. The summed E-state index contributed by atoms with van der Waals surface area (Å²) in [4.78, 5) is 57.7. The Morgan fingerprint density at radius 2 is 0.892 bits per heavy atom. The predicted molar refractivity (Wildman–Crippen MR) is 280 cm³/mol. The molecule has 0 radical (unpaired) electrons. The molecule has 9 rings (SSSR count). The third-order valence-corrected chi connectivity index (χ3v) is 12.7. The zero-order chi connectivity index (χ0) is 50.9. The Morgan fingerprint density at radius 1 is 0.419 bits per heavy atom. The molecule has 1 aliphatic rings. The van der Waals surface area contributed by atoms with E-state index in [-0.39, 0.29) is 90.4 Å². The topological polar surface area (TPSA) is 136 Å². The summed E-state index contributed by atoms with van der Waals surface area (Å²) in [5.74, 6) is -1.68. The summed E-state index contributed by atoms with van der Waals surface area (Å²) in [5, 5.41) is 3.16. The number of benzene rings is 8. The smallest absolute Gasteiger partial charge is 0.339 e. The van der Waals surface area contributed by atoms with Crippen molar-refractivity contribution in [3.8, 4) is 23.0 Å². The second-order valence-electron chi connectivity index (χ2n) is 17.9. The summed E-state index contributed by atoms with van der Waals surface area (Å²) in [5.41, 5.74) is 4.63. The number of ketones is 1. The van der Waals surface area contributed by atoms with Crippen molar-refractivity contribution in [3.05, 3.63) is 262 Å². The Bertz CT molecular complexity index is 3070. The first-order valence-corrected chi connectivity index (χ1v) is 24.7. The second-order valence-corrected chi connectivity index (χ2v) is 17.9. The maximum absolute atomic E-state index is 15.6. The monoisotopic (exact) mass is 985 g/mol. The van der Waals surface area contributed by atoms with Gasteiger partial charge in [0.15, 0.2) is 0 Å². The van der Waals surface area contributed by atoms with Gasteiger partial charge < -0.3 is 33.7 Å². The molecule has 0 saturated heterocycles. The van der Waals surface area contributed by atoms with Crippen molar-refractivity contribution in [1.82, 2.24) is 5.32 Å². The van der Waals surface area contributed by atoms with Crippen molar-refractivity contribution in [2.24, 2.45) is 5.92 Å². The molecule has 0 spiro atoms. The SMILES string of the molecule is O=C(NC1CCCC1COC(=O)c1cc(OCc2ccccc2)c(C(=O)c2c(OCc3ccccc3)cccc2C(=O)OCc2ccccc2)c(OCc2ccccc2)c1)c1ccc(OCc2ccccc2)cc1. The third-order valence-electron chi connectivity index (χ3n) is 12.7. The van der Waals surface area contributed by atoms with Gasteiger partial charge in [-0.05, 0) is 89.2 Å². The van der Waals surface area contributed by atoms with Crippen molar-refractivity contribution >= 4 is 23.6 Å². The van der Waals surface area contributed by atoms with Gasteiger partial charge in [-0.1, -0.05) is 164 Å². The number of nitrogens with one attached hydrogen (secondary N) is 1. The minimum absolute atomic E-state index is 0.0142. The van der Waals surface area contributed by atoms with Crippen molar-refractivity contribution in [1.29, 1.82) is 0 Å². The molecule has 0 bridgehead atoms. The van der Waals surface area contributed by atoms with Gasteiger partial charge >= 0.3 is 11.9 Å². The quantitative estimate of drug-likeness (QED) is 0.0516. The Hall–Kier alpha value is -8.96. The van der Waals surface area contributed by atoms with Gasteiger partial charge in [0.1, 0.15) is 61.6 Å². The number of carbonyl (C=O) groups excluding carboxylic acids is 4. The van der Waals surface area contributed by atoms with Gasteiger partial charge in [-0.15, -0.1) is 0 Å². The van der Waals surface area contributed by atoms with Crippen LogP contribution in [0.1, 0.15) is 94.1 Å². The van der Waals surface area contributed by atoms with Gasteiger partial charge in [-0.3, -0.25) is 9.59 Å². The molecule has 11 nitrogen and oxygen atoms in total. The maximum atomic E-state index is 15.6. The van der Waals surface area contributed by atoms with Gasteiger partial charge in [0.05, 0.1) is 23.3 Å². The van der Waals surface area contributed by atoms with E-state index in [0.717, 1.165) is 47.1 Å². The molecule has 1 aliphatic carbocycles. The van der Waals surface area contributed by atoms with Crippen molar-refractivity contribution in [2.75, 3.05) is 6.61 Å². The zero-order valence-electron chi connectivity index (χ0n) is 40.7. The Kier molecular flexibility index (Phi) is 16.8. The number of rotatable bonds is 22. The molecule has 2 unspecified atom stereocenters. The van der Waals surface area contributed by atoms with E-state index in [1.165, 1.54) is 18.2 Å². The fraction of sp³-hybridized carbons (Fsp3) is 0.175. The molecule has 1 N–H and O–H groups in total. The fourth-order valence-electron chi connectivity index (χ4n) is 8.73. The summed E-state index contributed by atoms with van der Waals surface area (Å²) in [6.45, 7) is 0.523. The number of hydrogen-bond donors (Lipinski definition) is 1. The molecule has 11 heteroatoms. The lowest BCUT2D eigenvalue weighted by molar-refractivity contribution is 0.0421. The highest BCUT2D eigenvalue weighted by Crippen LogP contribution is 2.38. The first-order chi connectivity index (χ1) is 36.3. The van der Waals surface area contributed by atoms with Gasteiger partial charge in [0.2, 0.25) is 5.78 Å². The Labute approximate surface area is 430 Å². The van der Waals surface area contributed by atoms with E-state index in [4.69, 9.17) is 28.4 Å². The van der Waals surface area contributed by atoms with Gasteiger partial charge in [-0.25, -0.2) is 9.59 Å². The highest BCUT2D eigenvalue weighted by Gasteiger charge is 2.33. The zero-order valence-corrected chi connectivity index (χ0v) is 40.7. The first kappa shape index (κ1) is 50.0. The van der Waals surface area contributed by atoms with Crippen LogP contribution < -0.4 is 24.3 Å². The maximum Gasteiger partial charge on any atom is 0.339 e. The number of esters is 2. The van der Waals surface area contributed by atoms with Crippen LogP contribution in [0.15, 0.2) is 206 Å². The summed E-state index contributed by atoms with van der Waals surface area (Å²) in [7, 11) is 0. The lowest BCUT2D eigenvalue weighted by Crippen LogP contribution is -2.39. The summed E-state index contributed by atoms with van der Waals surface area (Å²) in [6, 6.07) is 61.9. The molecule has 1 fully saturated rings. The number of ether oxygens (including phenoxy) is 6. The molecule has 0 aromatic heterocycles. The lowest BCUT2D eigenvalue weighted by Gasteiger charge is -2.22. The summed E-state index contributed by atoms with van der Waals surface area (Å²) < 4.78 is 37.2. The molecule has 1 saturated carbocycles. The van der Waals surface area contributed by atoms with Crippen LogP contribution in [0.2, 0.25) is 0 Å². The lowest BCUT2D eigenvalue weighted by atomic mass is 9.94. The van der Waals surface area contributed by atoms with Crippen molar-refractivity contribution in [2.45, 2.75) is 58.3 Å². The van der Waals surface area contributed by atoms with E-state index in [1.807, 2.05) is 152 Å². The average molecular weight is 986 g/mol. The first-order valence-electron chi connectivity index (χ1n) is 24.7. The minimum atomic E-state index is -0.746. The summed E-state index contributed by atoms with van der Waals surface area (Å²) in [6.07, 6.45) is 2.29. The fourth-order valence-corrected chi connectivity index (χ4v) is 8.73. The van der Waals surface area contributed by atoms with Gasteiger partial charge in [-0.2, -0.15) is 0 Å². The van der Waals surface area contributed by atoms with Crippen molar-refractivity contribution in [3.63, 3.8) is 0 Å². The third kappa shape index (κ3) is 13.3. The number of amides is 1. The van der Waals surface area contributed by atoms with Crippen LogP contribution in [0.5, 0.6) is 23.0 Å². The van der Waals surface area contributed by atoms with Gasteiger partial charge in [0, 0.05) is 17.5 Å². The normalized spacial score (nSPS) is 13.8. The molecular formula is C63H55NO10. The van der Waals surface area contributed by atoms with Crippen LogP contribution in [-0.2, 0) is 42.5 Å². The molecule has 74 heavy (non-hydrogen) atoms. The van der Waals surface area contributed by atoms with E-state index < -0.39 is 17.7 Å². The molecule has 0 aliphatic heterocycles. The molecule has 372 valence electrons. The standard InChI is InChI=1S/C63H55NO10/c65-60(58-53(63(68)73-42-48-26-14-5-15-27-48)29-17-31-55(58)70-39-45-20-8-2-9-21-45)59-56(71-40-46-22-10-3-11-23-46)36-51(37-57(59)72-41-47-24-12-4-13-25-47)62(67)74-43-50-28-16-30-54(50)64-61(66)49-32-34-52(35-33-49)69-38-44-18-6-1-7-19-44/h1-15,17-27,29,31-37,50,54H,16,28,30,38-43H2,(H,64,66). The van der Waals surface area contributed by atoms with Crippen LogP contribution >= 0.6 is 0 Å². The van der Waals surface area contributed by atoms with Crippen LogP contribution in [0.25, 0.3) is 0 Å². The van der Waals surface area contributed by atoms with Crippen LogP contribution in [0, 0.1) is 5.92 Å². The minimum Gasteiger partial charge on any atom is -0.489 e. The molecular weight excluding hydrogens is 931 g/mol. The molecule has 1 amide bonds. The molecule has 0 heterocycles. The number of hydrogen-bond acceptors (Lipinski definition) is 10. The van der Waals surface area contributed by atoms with Gasteiger partial charge in [0.25, 0.3) is 5.91 Å². The van der Waals surface area contributed by atoms with E-state index in [9.17, 15) is 14.4 Å². The Balaban J connectivity index is 1.01. The van der Waals surface area contributed by atoms with Crippen LogP contribution in [0.3, 0.4) is 0 Å². The average Bonchev–Trinajstić information content (AvgIpc) is 3.91. The van der Waals surface area contributed by atoms with Crippen LogP contribution in [0.4, 0.5) is 0 Å². The molecule has 8 aromatic rings. The number of carbonyl (C=O) groups is 4. The summed E-state index contributed by atoms with van der Waals surface area (Å²) >= 11 is 0.